The standard InChI is InChI=1S/C19H24N2O2/c1-2-14-23-18-10-8-17(9-11-18)21-19(22)15-20-13-12-16-6-4-3-5-7-16/h3-11,20H,2,12-15H2,1H3,(H,21,22). The molecule has 2 aromatic rings. The second-order valence-electron chi connectivity index (χ2n) is 5.33. The van der Waals surface area contributed by atoms with Crippen LogP contribution in [0.4, 0.5) is 5.69 Å². The van der Waals surface area contributed by atoms with Gasteiger partial charge in [0, 0.05) is 5.69 Å². The average Bonchev–Trinajstić information content (AvgIpc) is 2.59. The highest BCUT2D eigenvalue weighted by atomic mass is 16.5. The highest BCUT2D eigenvalue weighted by Crippen LogP contribution is 2.15. The molecule has 0 radical (unpaired) electrons. The first-order chi connectivity index (χ1) is 11.3. The molecule has 2 aromatic carbocycles. The topological polar surface area (TPSA) is 50.4 Å². The highest BCUT2D eigenvalue weighted by molar-refractivity contribution is 5.92. The number of hydrogen-bond donors (Lipinski definition) is 2. The molecule has 0 saturated carbocycles. The number of benzene rings is 2. The van der Waals surface area contributed by atoms with E-state index in [0.29, 0.717) is 13.2 Å². The van der Waals surface area contributed by atoms with E-state index in [9.17, 15) is 4.79 Å². The lowest BCUT2D eigenvalue weighted by Gasteiger charge is -2.08. The zero-order valence-electron chi connectivity index (χ0n) is 13.5. The Morgan fingerprint density at radius 1 is 1.04 bits per heavy atom. The van der Waals surface area contributed by atoms with Crippen LogP contribution in [0, 0.1) is 0 Å². The molecule has 4 nitrogen and oxygen atoms in total. The van der Waals surface area contributed by atoms with Crippen molar-refractivity contribution in [1.29, 1.82) is 0 Å². The van der Waals surface area contributed by atoms with E-state index in [4.69, 9.17) is 4.74 Å². The molecule has 2 N–H and O–H groups in total. The first kappa shape index (κ1) is 17.0. The van der Waals surface area contributed by atoms with Crippen molar-refractivity contribution in [2.24, 2.45) is 0 Å². The molecule has 0 aromatic heterocycles. The van der Waals surface area contributed by atoms with Crippen molar-refractivity contribution in [2.45, 2.75) is 19.8 Å². The van der Waals surface area contributed by atoms with E-state index in [0.717, 1.165) is 30.8 Å². The summed E-state index contributed by atoms with van der Waals surface area (Å²) in [5.74, 6) is 0.783. The van der Waals surface area contributed by atoms with Crippen molar-refractivity contribution >= 4 is 11.6 Å². The number of anilines is 1. The Bertz CT molecular complexity index is 582. The molecular weight excluding hydrogens is 288 g/mol. The minimum atomic E-state index is -0.0414. The Kier molecular flexibility index (Phi) is 7.14. The van der Waals surface area contributed by atoms with Gasteiger partial charge in [-0.25, -0.2) is 0 Å². The molecule has 0 saturated heterocycles. The van der Waals surface area contributed by atoms with Crippen LogP contribution in [0.3, 0.4) is 0 Å². The Labute approximate surface area is 137 Å². The zero-order chi connectivity index (χ0) is 16.3. The normalized spacial score (nSPS) is 10.3. The van der Waals surface area contributed by atoms with E-state index < -0.39 is 0 Å². The van der Waals surface area contributed by atoms with Crippen molar-refractivity contribution in [2.75, 3.05) is 25.0 Å². The lowest BCUT2D eigenvalue weighted by Crippen LogP contribution is -2.29. The predicted octanol–water partition coefficient (Wildman–Crippen LogP) is 3.25. The molecule has 0 spiro atoms. The van der Waals surface area contributed by atoms with E-state index >= 15 is 0 Å². The number of hydrogen-bond acceptors (Lipinski definition) is 3. The van der Waals surface area contributed by atoms with Crippen molar-refractivity contribution in [3.63, 3.8) is 0 Å². The van der Waals surface area contributed by atoms with Crippen molar-refractivity contribution in [1.82, 2.24) is 5.32 Å². The summed E-state index contributed by atoms with van der Waals surface area (Å²) in [6.45, 7) is 3.86. The van der Waals surface area contributed by atoms with Crippen molar-refractivity contribution in [3.8, 4) is 5.75 Å². The summed E-state index contributed by atoms with van der Waals surface area (Å²) in [7, 11) is 0. The number of carbonyl (C=O) groups excluding carboxylic acids is 1. The second-order valence-corrected chi connectivity index (χ2v) is 5.33. The minimum absolute atomic E-state index is 0.0414. The van der Waals surface area contributed by atoms with E-state index in [1.807, 2.05) is 42.5 Å². The summed E-state index contributed by atoms with van der Waals surface area (Å²) in [6.07, 6.45) is 1.89. The number of amides is 1. The van der Waals surface area contributed by atoms with Crippen LogP contribution in [0.25, 0.3) is 0 Å². The Morgan fingerprint density at radius 3 is 2.48 bits per heavy atom. The van der Waals surface area contributed by atoms with Crippen LogP contribution < -0.4 is 15.4 Å². The fourth-order valence-corrected chi connectivity index (χ4v) is 2.14. The molecule has 0 heterocycles. The first-order valence-electron chi connectivity index (χ1n) is 8.05. The number of carbonyl (C=O) groups is 1. The summed E-state index contributed by atoms with van der Waals surface area (Å²) in [5.41, 5.74) is 2.05. The summed E-state index contributed by atoms with van der Waals surface area (Å²) in [5, 5.41) is 6.02. The maximum atomic E-state index is 11.9. The lowest BCUT2D eigenvalue weighted by atomic mass is 10.1. The van der Waals surface area contributed by atoms with Gasteiger partial charge in [-0.15, -0.1) is 0 Å². The van der Waals surface area contributed by atoms with Crippen LogP contribution in [-0.4, -0.2) is 25.6 Å². The van der Waals surface area contributed by atoms with Crippen LogP contribution in [0.1, 0.15) is 18.9 Å². The molecule has 23 heavy (non-hydrogen) atoms. The quantitative estimate of drug-likeness (QED) is 0.699. The molecule has 0 aliphatic heterocycles. The number of ether oxygens (including phenoxy) is 1. The first-order valence-corrected chi connectivity index (χ1v) is 8.05. The molecule has 1 amide bonds. The molecule has 0 aliphatic rings. The van der Waals surface area contributed by atoms with Gasteiger partial charge in [-0.1, -0.05) is 37.3 Å². The van der Waals surface area contributed by atoms with Crippen LogP contribution in [0.15, 0.2) is 54.6 Å². The molecule has 0 atom stereocenters. The van der Waals surface area contributed by atoms with Gasteiger partial charge in [0.25, 0.3) is 0 Å². The maximum absolute atomic E-state index is 11.9. The monoisotopic (exact) mass is 312 g/mol. The fraction of sp³-hybridized carbons (Fsp3) is 0.316. The van der Waals surface area contributed by atoms with Gasteiger partial charge in [-0.2, -0.15) is 0 Å². The van der Waals surface area contributed by atoms with E-state index in [-0.39, 0.29) is 5.91 Å². The van der Waals surface area contributed by atoms with E-state index in [1.54, 1.807) is 0 Å². The Morgan fingerprint density at radius 2 is 1.78 bits per heavy atom. The molecule has 4 heteroatoms. The third-order valence-corrected chi connectivity index (χ3v) is 3.33. The van der Waals surface area contributed by atoms with E-state index in [2.05, 4.69) is 29.7 Å². The lowest BCUT2D eigenvalue weighted by molar-refractivity contribution is -0.115. The van der Waals surface area contributed by atoms with Crippen LogP contribution in [-0.2, 0) is 11.2 Å². The summed E-state index contributed by atoms with van der Waals surface area (Å²) < 4.78 is 5.51. The Balaban J connectivity index is 1.66. The average molecular weight is 312 g/mol. The van der Waals surface area contributed by atoms with Gasteiger partial charge in [0.05, 0.1) is 13.2 Å². The second kappa shape index (κ2) is 9.64. The third-order valence-electron chi connectivity index (χ3n) is 3.33. The smallest absolute Gasteiger partial charge is 0.238 e. The van der Waals surface area contributed by atoms with Crippen LogP contribution in [0.2, 0.25) is 0 Å². The van der Waals surface area contributed by atoms with Crippen molar-refractivity contribution in [3.05, 3.63) is 60.2 Å². The molecule has 0 bridgehead atoms. The minimum Gasteiger partial charge on any atom is -0.494 e. The number of nitrogens with one attached hydrogen (secondary N) is 2. The maximum Gasteiger partial charge on any atom is 0.238 e. The summed E-state index contributed by atoms with van der Waals surface area (Å²) in [4.78, 5) is 11.9. The van der Waals surface area contributed by atoms with Crippen LogP contribution in [0.5, 0.6) is 5.75 Å². The molecular formula is C19H24N2O2. The van der Waals surface area contributed by atoms with Gasteiger partial charge in [-0.05, 0) is 49.2 Å². The van der Waals surface area contributed by atoms with Gasteiger partial charge in [0.1, 0.15) is 5.75 Å². The van der Waals surface area contributed by atoms with Crippen molar-refractivity contribution < 1.29 is 9.53 Å². The highest BCUT2D eigenvalue weighted by Gasteiger charge is 2.02. The summed E-state index contributed by atoms with van der Waals surface area (Å²) in [6, 6.07) is 17.7. The molecule has 0 unspecified atom stereocenters. The van der Waals surface area contributed by atoms with Gasteiger partial charge >= 0.3 is 0 Å². The number of rotatable bonds is 9. The predicted molar refractivity (Wildman–Crippen MR) is 93.9 cm³/mol. The van der Waals surface area contributed by atoms with E-state index in [1.165, 1.54) is 5.56 Å². The van der Waals surface area contributed by atoms with Gasteiger partial charge < -0.3 is 15.4 Å². The molecule has 0 aliphatic carbocycles. The molecule has 2 rings (SSSR count). The molecule has 0 fully saturated rings. The van der Waals surface area contributed by atoms with Gasteiger partial charge in [-0.3, -0.25) is 4.79 Å². The zero-order valence-corrected chi connectivity index (χ0v) is 13.5. The van der Waals surface area contributed by atoms with Gasteiger partial charge in [0.15, 0.2) is 0 Å². The Hall–Kier alpha value is -2.33. The van der Waals surface area contributed by atoms with Crippen LogP contribution >= 0.6 is 0 Å². The largest absolute Gasteiger partial charge is 0.494 e. The summed E-state index contributed by atoms with van der Waals surface area (Å²) >= 11 is 0. The van der Waals surface area contributed by atoms with Gasteiger partial charge in [0.2, 0.25) is 5.91 Å². The SMILES string of the molecule is CCCOc1ccc(NC(=O)CNCCc2ccccc2)cc1. The fourth-order valence-electron chi connectivity index (χ4n) is 2.14. The molecule has 122 valence electrons. The third kappa shape index (κ3) is 6.53.